The van der Waals surface area contributed by atoms with Crippen molar-refractivity contribution in [3.05, 3.63) is 109 Å². The summed E-state index contributed by atoms with van der Waals surface area (Å²) in [5.41, 5.74) is 6.18. The van der Waals surface area contributed by atoms with Gasteiger partial charge in [-0.15, -0.1) is 11.3 Å². The molecule has 9 aromatic rings. The lowest BCUT2D eigenvalue weighted by Crippen LogP contribution is -1.85. The molecule has 0 spiro atoms. The summed E-state index contributed by atoms with van der Waals surface area (Å²) in [6, 6.07) is 36.6. The number of rotatable bonds is 1. The minimum atomic E-state index is 0.916. The summed E-state index contributed by atoms with van der Waals surface area (Å²) >= 11 is 1.80. The van der Waals surface area contributed by atoms with E-state index in [4.69, 9.17) is 8.83 Å². The summed E-state index contributed by atoms with van der Waals surface area (Å²) in [5, 5.41) is 13.0. The first-order chi connectivity index (χ1) is 18.3. The molecule has 3 heterocycles. The number of thiophene rings is 1. The second-order valence-corrected chi connectivity index (χ2v) is 10.6. The molecule has 2 nitrogen and oxygen atoms in total. The molecule has 0 atom stereocenters. The van der Waals surface area contributed by atoms with Crippen molar-refractivity contribution in [2.75, 3.05) is 0 Å². The van der Waals surface area contributed by atoms with Gasteiger partial charge in [0.1, 0.15) is 22.3 Å². The minimum Gasteiger partial charge on any atom is -0.456 e. The molecule has 0 aliphatic heterocycles. The molecule has 9 rings (SSSR count). The summed E-state index contributed by atoms with van der Waals surface area (Å²) in [5.74, 6) is 0. The van der Waals surface area contributed by atoms with Crippen LogP contribution in [0.2, 0.25) is 0 Å². The Morgan fingerprint density at radius 2 is 1.03 bits per heavy atom. The Kier molecular flexibility index (Phi) is 3.70. The Morgan fingerprint density at radius 3 is 1.78 bits per heavy atom. The van der Waals surface area contributed by atoms with E-state index in [2.05, 4.69) is 84.2 Å². The first-order valence-corrected chi connectivity index (χ1v) is 13.3. The number of hydrogen-bond acceptors (Lipinski definition) is 3. The van der Waals surface area contributed by atoms with Crippen LogP contribution in [0, 0.1) is 0 Å². The molecule has 172 valence electrons. The number of para-hydroxylation sites is 2. The topological polar surface area (TPSA) is 26.3 Å². The van der Waals surface area contributed by atoms with E-state index in [0.717, 1.165) is 43.9 Å². The first kappa shape index (κ1) is 19.6. The second kappa shape index (κ2) is 7.00. The number of hydrogen-bond donors (Lipinski definition) is 0. The monoisotopic (exact) mass is 490 g/mol. The maximum absolute atomic E-state index is 6.34. The van der Waals surface area contributed by atoms with Crippen LogP contribution in [0.25, 0.3) is 86.6 Å². The molecule has 0 saturated carbocycles. The predicted octanol–water partition coefficient (Wildman–Crippen LogP) is 10.7. The summed E-state index contributed by atoms with van der Waals surface area (Å²) in [4.78, 5) is 0. The Balaban J connectivity index is 1.50. The van der Waals surface area contributed by atoms with Crippen molar-refractivity contribution in [1.29, 1.82) is 0 Å². The molecular weight excluding hydrogens is 472 g/mol. The lowest BCUT2D eigenvalue weighted by molar-refractivity contribution is 0.669. The molecule has 37 heavy (non-hydrogen) atoms. The Labute approximate surface area is 214 Å². The van der Waals surface area contributed by atoms with Crippen LogP contribution in [-0.2, 0) is 0 Å². The van der Waals surface area contributed by atoms with Gasteiger partial charge >= 0.3 is 0 Å². The smallest absolute Gasteiger partial charge is 0.136 e. The first-order valence-electron chi connectivity index (χ1n) is 12.4. The van der Waals surface area contributed by atoms with Crippen molar-refractivity contribution in [1.82, 2.24) is 0 Å². The Bertz CT molecular complexity index is 2360. The van der Waals surface area contributed by atoms with Gasteiger partial charge in [-0.1, -0.05) is 54.6 Å². The fourth-order valence-corrected chi connectivity index (χ4v) is 6.96. The standard InChI is InChI=1S/C34H18O2S/c1-4-10-30-20(7-1)27-15-23-19(14-32(27)35-30)13-24(29-18-37-34-12-6-3-9-22(29)34)25-16-28-21-8-2-5-11-31(21)36-33(28)17-26(23)25/h1-18H. The van der Waals surface area contributed by atoms with Gasteiger partial charge in [0, 0.05) is 37.2 Å². The molecule has 3 heteroatoms. The highest BCUT2D eigenvalue weighted by molar-refractivity contribution is 7.17. The quantitative estimate of drug-likeness (QED) is 0.214. The van der Waals surface area contributed by atoms with E-state index < -0.39 is 0 Å². The van der Waals surface area contributed by atoms with Crippen molar-refractivity contribution in [3.8, 4) is 11.1 Å². The molecule has 6 aromatic carbocycles. The van der Waals surface area contributed by atoms with E-state index in [1.54, 1.807) is 11.3 Å². The summed E-state index contributed by atoms with van der Waals surface area (Å²) in [6.07, 6.45) is 0. The number of fused-ring (bicyclic) bond motifs is 10. The summed E-state index contributed by atoms with van der Waals surface area (Å²) < 4.78 is 13.9. The van der Waals surface area contributed by atoms with E-state index >= 15 is 0 Å². The maximum atomic E-state index is 6.34. The molecule has 0 radical (unpaired) electrons. The SMILES string of the molecule is c1ccc2c(c1)oc1cc3c(cc12)c(-c1csc2ccccc12)cc1cc2oc4ccccc4c2cc13. The van der Waals surface area contributed by atoms with E-state index in [-0.39, 0.29) is 0 Å². The average Bonchev–Trinajstić information content (AvgIpc) is 3.63. The number of furan rings is 2. The van der Waals surface area contributed by atoms with Crippen LogP contribution in [0.5, 0.6) is 0 Å². The van der Waals surface area contributed by atoms with Gasteiger partial charge in [-0.05, 0) is 81.0 Å². The van der Waals surface area contributed by atoms with Crippen LogP contribution < -0.4 is 0 Å². The Morgan fingerprint density at radius 1 is 0.405 bits per heavy atom. The van der Waals surface area contributed by atoms with Gasteiger partial charge in [0.25, 0.3) is 0 Å². The molecule has 3 aromatic heterocycles. The normalized spacial score (nSPS) is 12.3. The van der Waals surface area contributed by atoms with Gasteiger partial charge in [0.05, 0.1) is 0 Å². The van der Waals surface area contributed by atoms with Gasteiger partial charge in [-0.2, -0.15) is 0 Å². The zero-order chi connectivity index (χ0) is 24.1. The van der Waals surface area contributed by atoms with Crippen molar-refractivity contribution in [2.45, 2.75) is 0 Å². The Hall–Kier alpha value is -4.60. The molecule has 0 unspecified atom stereocenters. The zero-order valence-corrected chi connectivity index (χ0v) is 20.4. The molecule has 0 fully saturated rings. The summed E-state index contributed by atoms with van der Waals surface area (Å²) in [7, 11) is 0. The van der Waals surface area contributed by atoms with E-state index in [1.807, 2.05) is 24.3 Å². The third kappa shape index (κ3) is 2.64. The highest BCUT2D eigenvalue weighted by atomic mass is 32.1. The van der Waals surface area contributed by atoms with Crippen molar-refractivity contribution in [3.63, 3.8) is 0 Å². The highest BCUT2D eigenvalue weighted by Gasteiger charge is 2.17. The van der Waals surface area contributed by atoms with Crippen molar-refractivity contribution < 1.29 is 8.83 Å². The van der Waals surface area contributed by atoms with Gasteiger partial charge in [0.15, 0.2) is 0 Å². The molecular formula is C34H18O2S. The van der Waals surface area contributed by atoms with Crippen LogP contribution in [0.4, 0.5) is 0 Å². The molecule has 0 bridgehead atoms. The van der Waals surface area contributed by atoms with Crippen LogP contribution >= 0.6 is 11.3 Å². The van der Waals surface area contributed by atoms with Crippen molar-refractivity contribution in [2.24, 2.45) is 0 Å². The third-order valence-electron chi connectivity index (χ3n) is 7.72. The third-order valence-corrected chi connectivity index (χ3v) is 8.68. The van der Waals surface area contributed by atoms with Crippen LogP contribution in [0.15, 0.2) is 117 Å². The summed E-state index contributed by atoms with van der Waals surface area (Å²) in [6.45, 7) is 0. The van der Waals surface area contributed by atoms with Gasteiger partial charge < -0.3 is 8.83 Å². The fourth-order valence-electron chi connectivity index (χ4n) is 6.00. The largest absolute Gasteiger partial charge is 0.456 e. The number of benzene rings is 6. The maximum Gasteiger partial charge on any atom is 0.136 e. The fraction of sp³-hybridized carbons (Fsp3) is 0. The zero-order valence-electron chi connectivity index (χ0n) is 19.6. The second-order valence-electron chi connectivity index (χ2n) is 9.73. The van der Waals surface area contributed by atoms with Gasteiger partial charge in [-0.3, -0.25) is 0 Å². The molecule has 0 aliphatic rings. The molecule has 0 N–H and O–H groups in total. The lowest BCUT2D eigenvalue weighted by atomic mass is 9.91. The lowest BCUT2D eigenvalue weighted by Gasteiger charge is -2.11. The van der Waals surface area contributed by atoms with Crippen LogP contribution in [0.3, 0.4) is 0 Å². The molecule has 0 amide bonds. The highest BCUT2D eigenvalue weighted by Crippen LogP contribution is 2.44. The van der Waals surface area contributed by atoms with E-state index in [9.17, 15) is 0 Å². The van der Waals surface area contributed by atoms with Crippen LogP contribution in [-0.4, -0.2) is 0 Å². The van der Waals surface area contributed by atoms with Gasteiger partial charge in [0.2, 0.25) is 0 Å². The average molecular weight is 491 g/mol. The van der Waals surface area contributed by atoms with Crippen LogP contribution in [0.1, 0.15) is 0 Å². The van der Waals surface area contributed by atoms with E-state index in [1.165, 1.54) is 42.8 Å². The van der Waals surface area contributed by atoms with Gasteiger partial charge in [-0.25, -0.2) is 0 Å². The minimum absolute atomic E-state index is 0.916. The van der Waals surface area contributed by atoms with E-state index in [0.29, 0.717) is 0 Å². The molecule has 0 aliphatic carbocycles. The predicted molar refractivity (Wildman–Crippen MR) is 157 cm³/mol. The molecule has 0 saturated heterocycles. The van der Waals surface area contributed by atoms with Crippen molar-refractivity contribution >= 4 is 86.8 Å².